The van der Waals surface area contributed by atoms with E-state index in [-0.39, 0.29) is 5.41 Å². The Bertz CT molecular complexity index is 604. The summed E-state index contributed by atoms with van der Waals surface area (Å²) in [7, 11) is 0. The van der Waals surface area contributed by atoms with Crippen LogP contribution in [0.1, 0.15) is 41.9 Å². The van der Waals surface area contributed by atoms with Crippen LogP contribution >= 0.6 is 11.3 Å². The van der Waals surface area contributed by atoms with Gasteiger partial charge in [-0.2, -0.15) is 0 Å². The molecule has 0 bridgehead atoms. The van der Waals surface area contributed by atoms with E-state index in [0.717, 1.165) is 13.0 Å². The van der Waals surface area contributed by atoms with Gasteiger partial charge in [0.25, 0.3) is 0 Å². The Morgan fingerprint density at radius 2 is 2.10 bits per heavy atom. The lowest BCUT2D eigenvalue weighted by molar-refractivity contribution is -0.0736. The SMILES string of the molecule is C[C@]12CCO[C@@H](c3cccs3)[C@@H]1CCc1ccccc12. The molecule has 2 aliphatic rings. The lowest BCUT2D eigenvalue weighted by atomic mass is 9.60. The number of rotatable bonds is 1. The van der Waals surface area contributed by atoms with Crippen molar-refractivity contribution in [2.75, 3.05) is 6.61 Å². The summed E-state index contributed by atoms with van der Waals surface area (Å²) in [5.74, 6) is 0.616. The first kappa shape index (κ1) is 12.6. The van der Waals surface area contributed by atoms with Crippen LogP contribution in [-0.2, 0) is 16.6 Å². The van der Waals surface area contributed by atoms with Crippen molar-refractivity contribution in [1.82, 2.24) is 0 Å². The van der Waals surface area contributed by atoms with Gasteiger partial charge < -0.3 is 4.74 Å². The third-order valence-electron chi connectivity index (χ3n) is 5.28. The minimum absolute atomic E-state index is 0.280. The molecule has 0 amide bonds. The molecule has 0 unspecified atom stereocenters. The van der Waals surface area contributed by atoms with Gasteiger partial charge in [-0.15, -0.1) is 11.3 Å². The molecule has 1 aromatic heterocycles. The van der Waals surface area contributed by atoms with Gasteiger partial charge in [-0.3, -0.25) is 0 Å². The monoisotopic (exact) mass is 284 g/mol. The molecule has 2 heteroatoms. The van der Waals surface area contributed by atoms with Crippen molar-refractivity contribution in [3.63, 3.8) is 0 Å². The molecule has 1 nitrogen and oxygen atoms in total. The van der Waals surface area contributed by atoms with E-state index in [1.54, 1.807) is 11.1 Å². The van der Waals surface area contributed by atoms with Crippen LogP contribution in [0.25, 0.3) is 0 Å². The first-order chi connectivity index (χ1) is 9.79. The summed E-state index contributed by atoms with van der Waals surface area (Å²) in [5.41, 5.74) is 3.40. The van der Waals surface area contributed by atoms with Crippen molar-refractivity contribution >= 4 is 11.3 Å². The lowest BCUT2D eigenvalue weighted by Crippen LogP contribution is -2.45. The Hall–Kier alpha value is -1.12. The summed E-state index contributed by atoms with van der Waals surface area (Å²) in [6, 6.07) is 13.4. The molecule has 1 aliphatic carbocycles. The number of ether oxygens (including phenoxy) is 1. The molecule has 0 N–H and O–H groups in total. The fourth-order valence-electron chi connectivity index (χ4n) is 4.18. The van der Waals surface area contributed by atoms with Gasteiger partial charge in [0.1, 0.15) is 0 Å². The molecule has 104 valence electrons. The molecule has 0 saturated carbocycles. The summed E-state index contributed by atoms with van der Waals surface area (Å²) < 4.78 is 6.18. The van der Waals surface area contributed by atoms with Crippen molar-refractivity contribution in [3.8, 4) is 0 Å². The fraction of sp³-hybridized carbons (Fsp3) is 0.444. The number of fused-ring (bicyclic) bond motifs is 3. The molecule has 2 aromatic rings. The highest BCUT2D eigenvalue weighted by Crippen LogP contribution is 2.53. The highest BCUT2D eigenvalue weighted by Gasteiger charge is 2.47. The van der Waals surface area contributed by atoms with Crippen molar-refractivity contribution in [1.29, 1.82) is 0 Å². The van der Waals surface area contributed by atoms with Crippen LogP contribution in [0.15, 0.2) is 41.8 Å². The standard InChI is InChI=1S/C18H20OS/c1-18-10-11-19-17(16-7-4-12-20-16)15(18)9-8-13-5-2-3-6-14(13)18/h2-7,12,15,17H,8-11H2,1H3/t15-,17+,18+/m0/s1. The van der Waals surface area contributed by atoms with Gasteiger partial charge in [-0.05, 0) is 47.8 Å². The highest BCUT2D eigenvalue weighted by molar-refractivity contribution is 7.10. The lowest BCUT2D eigenvalue weighted by Gasteiger charge is -2.49. The van der Waals surface area contributed by atoms with Crippen LogP contribution < -0.4 is 0 Å². The average Bonchev–Trinajstić information content (AvgIpc) is 3.00. The third-order valence-corrected chi connectivity index (χ3v) is 6.22. The first-order valence-corrected chi connectivity index (χ1v) is 8.40. The van der Waals surface area contributed by atoms with Gasteiger partial charge in [-0.1, -0.05) is 37.3 Å². The van der Waals surface area contributed by atoms with Gasteiger partial charge in [0.15, 0.2) is 0 Å². The maximum absolute atomic E-state index is 6.18. The molecule has 20 heavy (non-hydrogen) atoms. The Kier molecular flexibility index (Phi) is 2.97. The number of aryl methyl sites for hydroxylation is 1. The summed E-state index contributed by atoms with van der Waals surface area (Å²) in [6.45, 7) is 3.34. The van der Waals surface area contributed by atoms with E-state index in [1.165, 1.54) is 17.7 Å². The van der Waals surface area contributed by atoms with Crippen LogP contribution in [0.2, 0.25) is 0 Å². The maximum Gasteiger partial charge on any atom is 0.0953 e. The molecule has 1 fully saturated rings. The van der Waals surface area contributed by atoms with E-state index in [4.69, 9.17) is 4.74 Å². The van der Waals surface area contributed by atoms with Gasteiger partial charge in [-0.25, -0.2) is 0 Å². The number of hydrogen-bond donors (Lipinski definition) is 0. The largest absolute Gasteiger partial charge is 0.372 e. The molecule has 2 heterocycles. The molecular formula is C18H20OS. The second kappa shape index (κ2) is 4.71. The smallest absolute Gasteiger partial charge is 0.0953 e. The molecule has 1 saturated heterocycles. The van der Waals surface area contributed by atoms with Crippen molar-refractivity contribution in [2.45, 2.75) is 37.7 Å². The van der Waals surface area contributed by atoms with Gasteiger partial charge in [0.05, 0.1) is 6.10 Å². The van der Waals surface area contributed by atoms with Crippen LogP contribution in [0.5, 0.6) is 0 Å². The highest BCUT2D eigenvalue weighted by atomic mass is 32.1. The molecule has 1 aliphatic heterocycles. The number of thiophene rings is 1. The zero-order valence-corrected chi connectivity index (χ0v) is 12.7. The van der Waals surface area contributed by atoms with Gasteiger partial charge >= 0.3 is 0 Å². The van der Waals surface area contributed by atoms with E-state index >= 15 is 0 Å². The fourth-order valence-corrected chi connectivity index (χ4v) is 5.02. The van der Waals surface area contributed by atoms with Crippen molar-refractivity contribution < 1.29 is 4.74 Å². The predicted octanol–water partition coefficient (Wildman–Crippen LogP) is 4.73. The molecule has 0 radical (unpaired) electrons. The molecule has 1 aromatic carbocycles. The van der Waals surface area contributed by atoms with E-state index in [9.17, 15) is 0 Å². The molecule has 4 rings (SSSR count). The second-order valence-electron chi connectivity index (χ2n) is 6.28. The van der Waals surface area contributed by atoms with Gasteiger partial charge in [0, 0.05) is 16.9 Å². The Morgan fingerprint density at radius 3 is 2.95 bits per heavy atom. The van der Waals surface area contributed by atoms with Crippen LogP contribution in [-0.4, -0.2) is 6.61 Å². The topological polar surface area (TPSA) is 9.23 Å². The maximum atomic E-state index is 6.18. The molecule has 3 atom stereocenters. The second-order valence-corrected chi connectivity index (χ2v) is 7.26. The zero-order chi connectivity index (χ0) is 13.6. The first-order valence-electron chi connectivity index (χ1n) is 7.52. The van der Waals surface area contributed by atoms with E-state index in [0.29, 0.717) is 12.0 Å². The van der Waals surface area contributed by atoms with Gasteiger partial charge in [0.2, 0.25) is 0 Å². The van der Waals surface area contributed by atoms with E-state index in [1.807, 2.05) is 11.3 Å². The van der Waals surface area contributed by atoms with Crippen LogP contribution in [0.3, 0.4) is 0 Å². The quantitative estimate of drug-likeness (QED) is 0.735. The Balaban J connectivity index is 1.78. The number of benzene rings is 1. The zero-order valence-electron chi connectivity index (χ0n) is 11.8. The minimum atomic E-state index is 0.280. The summed E-state index contributed by atoms with van der Waals surface area (Å²) in [5, 5.41) is 2.17. The van der Waals surface area contributed by atoms with Crippen molar-refractivity contribution in [3.05, 3.63) is 57.8 Å². The molecular weight excluding hydrogens is 264 g/mol. The van der Waals surface area contributed by atoms with Crippen LogP contribution in [0.4, 0.5) is 0 Å². The van der Waals surface area contributed by atoms with E-state index in [2.05, 4.69) is 48.7 Å². The average molecular weight is 284 g/mol. The number of hydrogen-bond acceptors (Lipinski definition) is 2. The minimum Gasteiger partial charge on any atom is -0.372 e. The summed E-state index contributed by atoms with van der Waals surface area (Å²) in [6.07, 6.45) is 3.89. The van der Waals surface area contributed by atoms with Crippen molar-refractivity contribution in [2.24, 2.45) is 5.92 Å². The Labute approximate surface area is 124 Å². The normalized spacial score (nSPS) is 32.5. The summed E-state index contributed by atoms with van der Waals surface area (Å²) >= 11 is 1.84. The summed E-state index contributed by atoms with van der Waals surface area (Å²) in [4.78, 5) is 1.40. The predicted molar refractivity (Wildman–Crippen MR) is 83.2 cm³/mol. The Morgan fingerprint density at radius 1 is 1.20 bits per heavy atom. The molecule has 0 spiro atoms. The van der Waals surface area contributed by atoms with Crippen LogP contribution in [0, 0.1) is 5.92 Å². The third kappa shape index (κ3) is 1.78. The van der Waals surface area contributed by atoms with E-state index < -0.39 is 0 Å².